The van der Waals surface area contributed by atoms with Crippen molar-refractivity contribution in [3.8, 4) is 11.5 Å². The van der Waals surface area contributed by atoms with E-state index in [0.29, 0.717) is 54.6 Å². The van der Waals surface area contributed by atoms with E-state index >= 15 is 0 Å². The van der Waals surface area contributed by atoms with Gasteiger partial charge in [-0.2, -0.15) is 0 Å². The van der Waals surface area contributed by atoms with Crippen LogP contribution in [0, 0.1) is 0 Å². The number of ether oxygens (including phenoxy) is 3. The Morgan fingerprint density at radius 2 is 1.80 bits per heavy atom. The van der Waals surface area contributed by atoms with Crippen LogP contribution < -0.4 is 14.8 Å². The zero-order valence-corrected chi connectivity index (χ0v) is 17.0. The maximum atomic E-state index is 12.6. The van der Waals surface area contributed by atoms with E-state index in [-0.39, 0.29) is 24.2 Å². The van der Waals surface area contributed by atoms with Crippen LogP contribution in [0.2, 0.25) is 0 Å². The molecule has 0 saturated carbocycles. The lowest BCUT2D eigenvalue weighted by Crippen LogP contribution is -2.40. The number of hydrogen-bond acceptors (Lipinski definition) is 6. The summed E-state index contributed by atoms with van der Waals surface area (Å²) in [6, 6.07) is 11.5. The molecule has 8 nitrogen and oxygen atoms in total. The van der Waals surface area contributed by atoms with E-state index in [0.717, 1.165) is 0 Å². The van der Waals surface area contributed by atoms with Crippen LogP contribution in [0.1, 0.15) is 27.6 Å². The third kappa shape index (κ3) is 5.36. The number of carbonyl (C=O) groups is 3. The zero-order chi connectivity index (χ0) is 21.5. The fraction of sp³-hybridized carbons (Fsp3) is 0.318. The van der Waals surface area contributed by atoms with E-state index in [2.05, 4.69) is 5.32 Å². The number of benzene rings is 2. The third-order valence-corrected chi connectivity index (χ3v) is 4.62. The van der Waals surface area contributed by atoms with Crippen molar-refractivity contribution in [1.29, 1.82) is 0 Å². The van der Waals surface area contributed by atoms with Gasteiger partial charge in [-0.15, -0.1) is 0 Å². The van der Waals surface area contributed by atoms with E-state index in [1.54, 1.807) is 47.4 Å². The van der Waals surface area contributed by atoms with Crippen LogP contribution in [-0.2, 0) is 9.53 Å². The average Bonchev–Trinajstić information content (AvgIpc) is 2.77. The maximum absolute atomic E-state index is 12.6. The SMILES string of the molecule is COc1cc(C(C)=O)ccc1OCC(=O)Nc1cccc(C(=O)N2CCOCC2)c1. The van der Waals surface area contributed by atoms with Crippen LogP contribution in [0.25, 0.3) is 0 Å². The van der Waals surface area contributed by atoms with Gasteiger partial charge in [-0.25, -0.2) is 0 Å². The minimum atomic E-state index is -0.385. The number of ketones is 1. The molecule has 1 N–H and O–H groups in total. The highest BCUT2D eigenvalue weighted by molar-refractivity contribution is 5.97. The molecule has 1 aliphatic heterocycles. The lowest BCUT2D eigenvalue weighted by atomic mass is 10.1. The monoisotopic (exact) mass is 412 g/mol. The predicted molar refractivity (Wildman–Crippen MR) is 110 cm³/mol. The topological polar surface area (TPSA) is 94.2 Å². The van der Waals surface area contributed by atoms with Gasteiger partial charge in [0.15, 0.2) is 23.9 Å². The molecule has 0 aliphatic carbocycles. The van der Waals surface area contributed by atoms with Crippen LogP contribution in [0.3, 0.4) is 0 Å². The molecule has 158 valence electrons. The van der Waals surface area contributed by atoms with Crippen molar-refractivity contribution in [2.45, 2.75) is 6.92 Å². The number of carbonyl (C=O) groups excluding carboxylic acids is 3. The smallest absolute Gasteiger partial charge is 0.262 e. The van der Waals surface area contributed by atoms with Gasteiger partial charge in [0.1, 0.15) is 0 Å². The second-order valence-electron chi connectivity index (χ2n) is 6.74. The molecule has 1 heterocycles. The number of Topliss-reactive ketones (excluding diaryl/α,β-unsaturated/α-hetero) is 1. The van der Waals surface area contributed by atoms with Gasteiger partial charge in [-0.05, 0) is 43.3 Å². The number of anilines is 1. The highest BCUT2D eigenvalue weighted by Crippen LogP contribution is 2.28. The highest BCUT2D eigenvalue weighted by atomic mass is 16.5. The molecule has 3 rings (SSSR count). The number of nitrogens with zero attached hydrogens (tertiary/aromatic N) is 1. The Hall–Kier alpha value is -3.39. The van der Waals surface area contributed by atoms with Gasteiger partial charge in [0.05, 0.1) is 20.3 Å². The molecule has 1 saturated heterocycles. The molecule has 1 aliphatic rings. The fourth-order valence-electron chi connectivity index (χ4n) is 3.03. The van der Waals surface area contributed by atoms with E-state index < -0.39 is 0 Å². The first-order valence-electron chi connectivity index (χ1n) is 9.56. The van der Waals surface area contributed by atoms with Crippen LogP contribution >= 0.6 is 0 Å². The largest absolute Gasteiger partial charge is 0.493 e. The summed E-state index contributed by atoms with van der Waals surface area (Å²) in [5.41, 5.74) is 1.49. The van der Waals surface area contributed by atoms with E-state index in [1.807, 2.05) is 0 Å². The molecule has 2 aromatic rings. The van der Waals surface area contributed by atoms with Crippen molar-refractivity contribution < 1.29 is 28.6 Å². The van der Waals surface area contributed by atoms with Gasteiger partial charge in [-0.1, -0.05) is 6.07 Å². The first-order chi connectivity index (χ1) is 14.5. The van der Waals surface area contributed by atoms with Crippen LogP contribution in [0.4, 0.5) is 5.69 Å². The summed E-state index contributed by atoms with van der Waals surface area (Å²) in [7, 11) is 1.46. The molecule has 0 atom stereocenters. The van der Waals surface area contributed by atoms with Gasteiger partial charge >= 0.3 is 0 Å². The molecule has 0 radical (unpaired) electrons. The van der Waals surface area contributed by atoms with Crippen molar-refractivity contribution in [3.63, 3.8) is 0 Å². The quantitative estimate of drug-likeness (QED) is 0.702. The van der Waals surface area contributed by atoms with Crippen LogP contribution in [-0.4, -0.2) is 62.5 Å². The van der Waals surface area contributed by atoms with Crippen molar-refractivity contribution >= 4 is 23.3 Å². The summed E-state index contributed by atoms with van der Waals surface area (Å²) in [6.07, 6.45) is 0. The summed E-state index contributed by atoms with van der Waals surface area (Å²) in [5, 5.41) is 2.72. The lowest BCUT2D eigenvalue weighted by molar-refractivity contribution is -0.118. The number of hydrogen-bond donors (Lipinski definition) is 1. The Labute approximate surface area is 174 Å². The Balaban J connectivity index is 1.60. The Morgan fingerprint density at radius 1 is 1.03 bits per heavy atom. The molecular weight excluding hydrogens is 388 g/mol. The first-order valence-corrected chi connectivity index (χ1v) is 9.56. The number of rotatable bonds is 7. The summed E-state index contributed by atoms with van der Waals surface area (Å²) < 4.78 is 16.0. The number of nitrogens with one attached hydrogen (secondary N) is 1. The number of amides is 2. The minimum Gasteiger partial charge on any atom is -0.493 e. The van der Waals surface area contributed by atoms with Crippen molar-refractivity contribution in [2.24, 2.45) is 0 Å². The van der Waals surface area contributed by atoms with E-state index in [1.165, 1.54) is 14.0 Å². The first kappa shape index (κ1) is 21.3. The zero-order valence-electron chi connectivity index (χ0n) is 17.0. The molecule has 8 heteroatoms. The molecule has 2 aromatic carbocycles. The minimum absolute atomic E-state index is 0.0934. The molecule has 2 amide bonds. The van der Waals surface area contributed by atoms with Gasteiger partial charge < -0.3 is 24.4 Å². The highest BCUT2D eigenvalue weighted by Gasteiger charge is 2.19. The van der Waals surface area contributed by atoms with Crippen molar-refractivity contribution in [1.82, 2.24) is 4.90 Å². The summed E-state index contributed by atoms with van der Waals surface area (Å²) in [5.74, 6) is 0.149. The molecule has 1 fully saturated rings. The molecule has 30 heavy (non-hydrogen) atoms. The van der Waals surface area contributed by atoms with Crippen LogP contribution in [0.15, 0.2) is 42.5 Å². The summed E-state index contributed by atoms with van der Waals surface area (Å²) in [6.45, 7) is 3.35. The molecule has 0 spiro atoms. The Morgan fingerprint density at radius 3 is 2.50 bits per heavy atom. The molecular formula is C22H24N2O6. The average molecular weight is 412 g/mol. The summed E-state index contributed by atoms with van der Waals surface area (Å²) in [4.78, 5) is 38.1. The van der Waals surface area contributed by atoms with Crippen LogP contribution in [0.5, 0.6) is 11.5 Å². The van der Waals surface area contributed by atoms with Crippen molar-refractivity contribution in [3.05, 3.63) is 53.6 Å². The lowest BCUT2D eigenvalue weighted by Gasteiger charge is -2.27. The summed E-state index contributed by atoms with van der Waals surface area (Å²) >= 11 is 0. The normalized spacial score (nSPS) is 13.5. The van der Waals surface area contributed by atoms with Gasteiger partial charge in [0.2, 0.25) is 0 Å². The van der Waals surface area contributed by atoms with Crippen molar-refractivity contribution in [2.75, 3.05) is 45.3 Å². The second kappa shape index (κ2) is 9.89. The number of methoxy groups -OCH3 is 1. The third-order valence-electron chi connectivity index (χ3n) is 4.62. The van der Waals surface area contributed by atoms with Gasteiger partial charge in [-0.3, -0.25) is 14.4 Å². The Kier molecular flexibility index (Phi) is 7.03. The number of morpholine rings is 1. The molecule has 0 unspecified atom stereocenters. The fourth-order valence-corrected chi connectivity index (χ4v) is 3.03. The van der Waals surface area contributed by atoms with E-state index in [4.69, 9.17) is 14.2 Å². The van der Waals surface area contributed by atoms with E-state index in [9.17, 15) is 14.4 Å². The second-order valence-corrected chi connectivity index (χ2v) is 6.74. The molecule has 0 aromatic heterocycles. The molecule has 0 bridgehead atoms. The predicted octanol–water partition coefficient (Wildman–Crippen LogP) is 2.39. The maximum Gasteiger partial charge on any atom is 0.262 e. The van der Waals surface area contributed by atoms with Gasteiger partial charge in [0, 0.05) is 29.9 Å². The standard InChI is InChI=1S/C22H24N2O6/c1-15(25)16-6-7-19(20(13-16)28-2)30-14-21(26)23-18-5-3-4-17(12-18)22(27)24-8-10-29-11-9-24/h3-7,12-13H,8-11,14H2,1-2H3,(H,23,26). The Bertz CT molecular complexity index is 937. The van der Waals surface area contributed by atoms with Gasteiger partial charge in [0.25, 0.3) is 11.8 Å².